The highest BCUT2D eigenvalue weighted by atomic mass is 32.2. The van der Waals surface area contributed by atoms with Gasteiger partial charge in [0.2, 0.25) is 0 Å². The van der Waals surface area contributed by atoms with Crippen LogP contribution in [0.1, 0.15) is 24.1 Å². The van der Waals surface area contributed by atoms with E-state index in [9.17, 15) is 8.60 Å². The average molecular weight is 305 g/mol. The van der Waals surface area contributed by atoms with Crippen molar-refractivity contribution in [2.45, 2.75) is 24.8 Å². The third-order valence-corrected chi connectivity index (χ3v) is 4.72. The molecule has 0 aromatic heterocycles. The van der Waals surface area contributed by atoms with Crippen LogP contribution >= 0.6 is 0 Å². The van der Waals surface area contributed by atoms with Gasteiger partial charge in [-0.1, -0.05) is 42.8 Å². The topological polar surface area (TPSA) is 29.1 Å². The third-order valence-electron chi connectivity index (χ3n) is 3.31. The Bertz CT molecular complexity index is 612. The van der Waals surface area contributed by atoms with Gasteiger partial charge in [-0.2, -0.15) is 0 Å². The molecule has 1 N–H and O–H groups in total. The summed E-state index contributed by atoms with van der Waals surface area (Å²) < 4.78 is 25.7. The Kier molecular flexibility index (Phi) is 5.65. The largest absolute Gasteiger partial charge is 0.309 e. The van der Waals surface area contributed by atoms with Gasteiger partial charge < -0.3 is 5.32 Å². The van der Waals surface area contributed by atoms with E-state index in [0.29, 0.717) is 10.6 Å². The number of benzene rings is 2. The van der Waals surface area contributed by atoms with E-state index >= 15 is 0 Å². The molecule has 2 atom stereocenters. The zero-order chi connectivity index (χ0) is 15.2. The van der Waals surface area contributed by atoms with Gasteiger partial charge in [0, 0.05) is 16.7 Å². The molecule has 0 amide bonds. The van der Waals surface area contributed by atoms with Gasteiger partial charge >= 0.3 is 0 Å². The van der Waals surface area contributed by atoms with Crippen LogP contribution in [0.5, 0.6) is 0 Å². The van der Waals surface area contributed by atoms with Gasteiger partial charge in [-0.3, -0.25) is 4.21 Å². The summed E-state index contributed by atoms with van der Waals surface area (Å²) in [5.41, 5.74) is 2.30. The summed E-state index contributed by atoms with van der Waals surface area (Å²) in [4.78, 5) is 0.532. The fraction of sp³-hybridized carbons (Fsp3) is 0.294. The van der Waals surface area contributed by atoms with E-state index in [-0.39, 0.29) is 11.9 Å². The van der Waals surface area contributed by atoms with E-state index in [4.69, 9.17) is 0 Å². The van der Waals surface area contributed by atoms with E-state index in [2.05, 4.69) is 5.32 Å². The molecule has 0 saturated carbocycles. The maximum Gasteiger partial charge on any atom is 0.124 e. The minimum atomic E-state index is -1.23. The number of hydrogen-bond donors (Lipinski definition) is 1. The molecule has 2 rings (SSSR count). The Morgan fingerprint density at radius 3 is 2.52 bits per heavy atom. The highest BCUT2D eigenvalue weighted by Crippen LogP contribution is 2.18. The molecule has 2 aromatic rings. The first-order valence-electron chi connectivity index (χ1n) is 7.04. The number of hydrogen-bond acceptors (Lipinski definition) is 2. The van der Waals surface area contributed by atoms with Crippen LogP contribution in [0, 0.1) is 12.7 Å². The molecule has 0 bridgehead atoms. The van der Waals surface area contributed by atoms with Crippen molar-refractivity contribution in [3.8, 4) is 0 Å². The molecule has 0 heterocycles. The molecule has 0 aliphatic rings. The first-order chi connectivity index (χ1) is 10.1. The van der Waals surface area contributed by atoms with E-state index in [0.717, 1.165) is 12.1 Å². The highest BCUT2D eigenvalue weighted by molar-refractivity contribution is 7.85. The second-order valence-electron chi connectivity index (χ2n) is 4.99. The fourth-order valence-corrected chi connectivity index (χ4v) is 3.45. The molecule has 21 heavy (non-hydrogen) atoms. The van der Waals surface area contributed by atoms with Crippen molar-refractivity contribution in [2.75, 3.05) is 12.3 Å². The van der Waals surface area contributed by atoms with E-state index in [1.54, 1.807) is 12.1 Å². The smallest absolute Gasteiger partial charge is 0.124 e. The SMILES string of the molecule is CCNC(CS(=O)c1cccc(F)c1)c1ccc(C)cc1. The summed E-state index contributed by atoms with van der Waals surface area (Å²) >= 11 is 0. The Morgan fingerprint density at radius 2 is 1.90 bits per heavy atom. The van der Waals surface area contributed by atoms with Crippen LogP contribution < -0.4 is 5.32 Å². The third kappa shape index (κ3) is 4.48. The maximum atomic E-state index is 13.2. The van der Waals surface area contributed by atoms with E-state index in [1.165, 1.54) is 17.7 Å². The summed E-state index contributed by atoms with van der Waals surface area (Å²) in [6, 6.07) is 14.2. The molecular weight excluding hydrogens is 285 g/mol. The van der Waals surface area contributed by atoms with Crippen LogP contribution in [-0.2, 0) is 10.8 Å². The Balaban J connectivity index is 2.16. The molecule has 2 aromatic carbocycles. The van der Waals surface area contributed by atoms with Gasteiger partial charge in [-0.25, -0.2) is 4.39 Å². The van der Waals surface area contributed by atoms with Crippen LogP contribution in [-0.4, -0.2) is 16.5 Å². The fourth-order valence-electron chi connectivity index (χ4n) is 2.17. The summed E-state index contributed by atoms with van der Waals surface area (Å²) in [7, 11) is -1.23. The summed E-state index contributed by atoms with van der Waals surface area (Å²) in [6.45, 7) is 4.85. The molecule has 0 saturated heterocycles. The van der Waals surface area contributed by atoms with Crippen molar-refractivity contribution in [3.05, 3.63) is 65.5 Å². The normalized spacial score (nSPS) is 13.9. The van der Waals surface area contributed by atoms with Crippen molar-refractivity contribution in [3.63, 3.8) is 0 Å². The molecule has 2 nitrogen and oxygen atoms in total. The second-order valence-corrected chi connectivity index (χ2v) is 6.49. The Hall–Kier alpha value is -1.52. The molecule has 112 valence electrons. The average Bonchev–Trinajstić information content (AvgIpc) is 2.47. The zero-order valence-electron chi connectivity index (χ0n) is 12.3. The van der Waals surface area contributed by atoms with Gasteiger partial charge in [-0.05, 0) is 37.2 Å². The van der Waals surface area contributed by atoms with Crippen LogP contribution in [0.3, 0.4) is 0 Å². The highest BCUT2D eigenvalue weighted by Gasteiger charge is 2.15. The molecule has 0 fully saturated rings. The zero-order valence-corrected chi connectivity index (χ0v) is 13.1. The van der Waals surface area contributed by atoms with Crippen molar-refractivity contribution >= 4 is 10.8 Å². The molecule has 4 heteroatoms. The van der Waals surface area contributed by atoms with Gasteiger partial charge in [0.15, 0.2) is 0 Å². The predicted octanol–water partition coefficient (Wildman–Crippen LogP) is 3.59. The first-order valence-corrected chi connectivity index (χ1v) is 8.36. The van der Waals surface area contributed by atoms with Crippen LogP contribution in [0.25, 0.3) is 0 Å². The quantitative estimate of drug-likeness (QED) is 0.883. The standard InChI is InChI=1S/C17H20FNOS/c1-3-19-17(14-9-7-13(2)8-10-14)12-21(20)16-6-4-5-15(18)11-16/h4-11,17,19H,3,12H2,1-2H3. The lowest BCUT2D eigenvalue weighted by Gasteiger charge is -2.18. The lowest BCUT2D eigenvalue weighted by atomic mass is 10.1. The van der Waals surface area contributed by atoms with E-state index in [1.807, 2.05) is 38.1 Å². The van der Waals surface area contributed by atoms with Crippen molar-refractivity contribution < 1.29 is 8.60 Å². The van der Waals surface area contributed by atoms with Gasteiger partial charge in [0.05, 0.1) is 10.8 Å². The Morgan fingerprint density at radius 1 is 1.19 bits per heavy atom. The summed E-state index contributed by atoms with van der Waals surface area (Å²) in [6.07, 6.45) is 0. The summed E-state index contributed by atoms with van der Waals surface area (Å²) in [5, 5.41) is 3.35. The lowest BCUT2D eigenvalue weighted by Crippen LogP contribution is -2.26. The predicted molar refractivity (Wildman–Crippen MR) is 85.3 cm³/mol. The summed E-state index contributed by atoms with van der Waals surface area (Å²) in [5.74, 6) is 0.0802. The van der Waals surface area contributed by atoms with Crippen LogP contribution in [0.15, 0.2) is 53.4 Å². The number of aryl methyl sites for hydroxylation is 1. The molecule has 0 aliphatic carbocycles. The van der Waals surface area contributed by atoms with Crippen molar-refractivity contribution in [1.29, 1.82) is 0 Å². The lowest BCUT2D eigenvalue weighted by molar-refractivity contribution is 0.593. The molecular formula is C17H20FNOS. The number of nitrogens with one attached hydrogen (secondary N) is 1. The number of rotatable bonds is 6. The minimum Gasteiger partial charge on any atom is -0.309 e. The van der Waals surface area contributed by atoms with E-state index < -0.39 is 10.8 Å². The van der Waals surface area contributed by atoms with Crippen molar-refractivity contribution in [1.82, 2.24) is 5.32 Å². The monoisotopic (exact) mass is 305 g/mol. The van der Waals surface area contributed by atoms with Crippen LogP contribution in [0.4, 0.5) is 4.39 Å². The molecule has 0 spiro atoms. The molecule has 0 radical (unpaired) electrons. The molecule has 2 unspecified atom stereocenters. The minimum absolute atomic E-state index is 0.000277. The Labute approximate surface area is 127 Å². The number of halogens is 1. The van der Waals surface area contributed by atoms with Crippen molar-refractivity contribution in [2.24, 2.45) is 0 Å². The molecule has 0 aliphatic heterocycles. The maximum absolute atomic E-state index is 13.2. The van der Waals surface area contributed by atoms with Crippen LogP contribution in [0.2, 0.25) is 0 Å². The van der Waals surface area contributed by atoms with Gasteiger partial charge in [0.25, 0.3) is 0 Å². The first kappa shape index (κ1) is 15.9. The second kappa shape index (κ2) is 7.48. The van der Waals surface area contributed by atoms with Gasteiger partial charge in [-0.15, -0.1) is 0 Å². The van der Waals surface area contributed by atoms with Gasteiger partial charge in [0.1, 0.15) is 5.82 Å².